The minimum atomic E-state index is -0.802. The first-order valence-electron chi connectivity index (χ1n) is 5.06. The smallest absolute Gasteiger partial charge is 0.0992 e. The van der Waals surface area contributed by atoms with Crippen molar-refractivity contribution in [1.82, 2.24) is 0 Å². The summed E-state index contributed by atoms with van der Waals surface area (Å²) in [5.41, 5.74) is 6.96. The van der Waals surface area contributed by atoms with Crippen LogP contribution in [0.15, 0.2) is 18.2 Å². The highest BCUT2D eigenvalue weighted by molar-refractivity contribution is 5.69. The summed E-state index contributed by atoms with van der Waals surface area (Å²) >= 11 is 0. The van der Waals surface area contributed by atoms with Gasteiger partial charge in [0.25, 0.3) is 0 Å². The van der Waals surface area contributed by atoms with Gasteiger partial charge in [-0.15, -0.1) is 0 Å². The fourth-order valence-electron chi connectivity index (χ4n) is 1.61. The SMILES string of the molecule is CN(CC(C)(C)O)c1cc(C#N)ccc1N. The summed E-state index contributed by atoms with van der Waals surface area (Å²) in [6.45, 7) is 3.91. The number of benzene rings is 1. The Kier molecular flexibility index (Phi) is 3.41. The Morgan fingerprint density at radius 3 is 2.62 bits per heavy atom. The van der Waals surface area contributed by atoms with Crippen LogP contribution in [0.25, 0.3) is 0 Å². The molecule has 0 aromatic heterocycles. The predicted octanol–water partition coefficient (Wildman–Crippen LogP) is 1.35. The summed E-state index contributed by atoms with van der Waals surface area (Å²) in [7, 11) is 1.84. The topological polar surface area (TPSA) is 73.3 Å². The number of aliphatic hydroxyl groups is 1. The molecule has 86 valence electrons. The van der Waals surface area contributed by atoms with E-state index in [2.05, 4.69) is 6.07 Å². The average molecular weight is 219 g/mol. The van der Waals surface area contributed by atoms with Crippen LogP contribution in [0, 0.1) is 11.3 Å². The van der Waals surface area contributed by atoms with Crippen molar-refractivity contribution >= 4 is 11.4 Å². The third-order valence-electron chi connectivity index (χ3n) is 2.19. The molecule has 0 heterocycles. The van der Waals surface area contributed by atoms with Crippen LogP contribution >= 0.6 is 0 Å². The number of anilines is 2. The molecule has 0 amide bonds. The monoisotopic (exact) mass is 219 g/mol. The van der Waals surface area contributed by atoms with E-state index >= 15 is 0 Å². The molecule has 1 aromatic carbocycles. The minimum absolute atomic E-state index is 0.450. The Hall–Kier alpha value is -1.73. The largest absolute Gasteiger partial charge is 0.397 e. The molecule has 0 radical (unpaired) electrons. The van der Waals surface area contributed by atoms with E-state index in [1.165, 1.54) is 0 Å². The number of nitrogens with zero attached hydrogens (tertiary/aromatic N) is 2. The predicted molar refractivity (Wildman–Crippen MR) is 65.1 cm³/mol. The van der Waals surface area contributed by atoms with Crippen molar-refractivity contribution < 1.29 is 5.11 Å². The molecule has 0 spiro atoms. The molecule has 16 heavy (non-hydrogen) atoms. The summed E-state index contributed by atoms with van der Waals surface area (Å²) in [6, 6.07) is 7.17. The van der Waals surface area contributed by atoms with Gasteiger partial charge in [-0.3, -0.25) is 0 Å². The van der Waals surface area contributed by atoms with Crippen molar-refractivity contribution in [3.05, 3.63) is 23.8 Å². The third-order valence-corrected chi connectivity index (χ3v) is 2.19. The zero-order valence-corrected chi connectivity index (χ0v) is 9.86. The molecule has 0 saturated heterocycles. The van der Waals surface area contributed by atoms with Crippen molar-refractivity contribution in [1.29, 1.82) is 5.26 Å². The second-order valence-corrected chi connectivity index (χ2v) is 4.55. The molecular formula is C12H17N3O. The number of likely N-dealkylation sites (N-methyl/N-ethyl adjacent to an activating group) is 1. The van der Waals surface area contributed by atoms with Gasteiger partial charge in [-0.05, 0) is 32.0 Å². The third kappa shape index (κ3) is 3.14. The van der Waals surface area contributed by atoms with Crippen LogP contribution in [0.2, 0.25) is 0 Å². The van der Waals surface area contributed by atoms with Gasteiger partial charge in [0.15, 0.2) is 0 Å². The number of rotatable bonds is 3. The molecule has 0 saturated carbocycles. The van der Waals surface area contributed by atoms with Crippen LogP contribution in [0.4, 0.5) is 11.4 Å². The zero-order chi connectivity index (χ0) is 12.3. The van der Waals surface area contributed by atoms with Crippen molar-refractivity contribution in [2.75, 3.05) is 24.2 Å². The van der Waals surface area contributed by atoms with Gasteiger partial charge in [-0.25, -0.2) is 0 Å². The number of hydrogen-bond acceptors (Lipinski definition) is 4. The molecule has 1 rings (SSSR count). The normalized spacial score (nSPS) is 10.9. The molecule has 4 heteroatoms. The molecule has 3 N–H and O–H groups in total. The molecule has 0 aliphatic carbocycles. The Labute approximate surface area is 95.9 Å². The Balaban J connectivity index is 2.99. The van der Waals surface area contributed by atoms with Crippen molar-refractivity contribution in [3.63, 3.8) is 0 Å². The fraction of sp³-hybridized carbons (Fsp3) is 0.417. The highest BCUT2D eigenvalue weighted by atomic mass is 16.3. The molecule has 1 aromatic rings. The van der Waals surface area contributed by atoms with Gasteiger partial charge in [0.1, 0.15) is 0 Å². The van der Waals surface area contributed by atoms with Crippen molar-refractivity contribution in [3.8, 4) is 6.07 Å². The second-order valence-electron chi connectivity index (χ2n) is 4.55. The standard InChI is InChI=1S/C12H17N3O/c1-12(2,16)8-15(3)11-6-9(7-13)4-5-10(11)14/h4-6,16H,8,14H2,1-3H3. The molecule has 0 aliphatic rings. The first-order chi connectivity index (χ1) is 7.33. The quantitative estimate of drug-likeness (QED) is 0.752. The minimum Gasteiger partial charge on any atom is -0.397 e. The average Bonchev–Trinajstić information content (AvgIpc) is 2.15. The van der Waals surface area contributed by atoms with E-state index in [0.29, 0.717) is 17.8 Å². The van der Waals surface area contributed by atoms with Crippen molar-refractivity contribution in [2.45, 2.75) is 19.4 Å². The maximum absolute atomic E-state index is 9.72. The first-order valence-corrected chi connectivity index (χ1v) is 5.06. The van der Waals surface area contributed by atoms with Gasteiger partial charge in [0, 0.05) is 13.6 Å². The number of nitriles is 1. The highest BCUT2D eigenvalue weighted by Crippen LogP contribution is 2.24. The fourth-order valence-corrected chi connectivity index (χ4v) is 1.61. The second kappa shape index (κ2) is 4.42. The summed E-state index contributed by atoms with van der Waals surface area (Å²) in [4.78, 5) is 1.84. The summed E-state index contributed by atoms with van der Waals surface area (Å²) in [5.74, 6) is 0. The Bertz CT molecular complexity index is 415. The maximum Gasteiger partial charge on any atom is 0.0992 e. The van der Waals surface area contributed by atoms with Gasteiger partial charge in [0.05, 0.1) is 28.6 Å². The zero-order valence-electron chi connectivity index (χ0n) is 9.86. The summed E-state index contributed by atoms with van der Waals surface area (Å²) in [5, 5.41) is 18.5. The number of hydrogen-bond donors (Lipinski definition) is 2. The van der Waals surface area contributed by atoms with Gasteiger partial charge < -0.3 is 15.7 Å². The van der Waals surface area contributed by atoms with Gasteiger partial charge in [-0.2, -0.15) is 5.26 Å². The van der Waals surface area contributed by atoms with E-state index in [-0.39, 0.29) is 0 Å². The molecule has 0 unspecified atom stereocenters. The van der Waals surface area contributed by atoms with Crippen LogP contribution in [-0.2, 0) is 0 Å². The molecule has 0 bridgehead atoms. The van der Waals surface area contributed by atoms with Gasteiger partial charge in [0.2, 0.25) is 0 Å². The Morgan fingerprint density at radius 2 is 2.12 bits per heavy atom. The first kappa shape index (κ1) is 12.3. The number of nitrogen functional groups attached to an aromatic ring is 1. The van der Waals surface area contributed by atoms with Gasteiger partial charge >= 0.3 is 0 Å². The molecule has 0 aliphatic heterocycles. The lowest BCUT2D eigenvalue weighted by Gasteiger charge is -2.28. The van der Waals surface area contributed by atoms with Crippen LogP contribution in [-0.4, -0.2) is 24.3 Å². The van der Waals surface area contributed by atoms with E-state index in [4.69, 9.17) is 11.0 Å². The lowest BCUT2D eigenvalue weighted by molar-refractivity contribution is 0.0886. The number of nitrogens with two attached hydrogens (primary N) is 1. The van der Waals surface area contributed by atoms with Crippen LogP contribution < -0.4 is 10.6 Å². The van der Waals surface area contributed by atoms with E-state index in [1.54, 1.807) is 32.0 Å². The van der Waals surface area contributed by atoms with E-state index in [9.17, 15) is 5.11 Å². The lowest BCUT2D eigenvalue weighted by atomic mass is 10.1. The van der Waals surface area contributed by atoms with Crippen LogP contribution in [0.5, 0.6) is 0 Å². The molecular weight excluding hydrogens is 202 g/mol. The summed E-state index contributed by atoms with van der Waals surface area (Å²) < 4.78 is 0. The highest BCUT2D eigenvalue weighted by Gasteiger charge is 2.17. The molecule has 0 atom stereocenters. The van der Waals surface area contributed by atoms with Crippen molar-refractivity contribution in [2.24, 2.45) is 0 Å². The van der Waals surface area contributed by atoms with Crippen LogP contribution in [0.3, 0.4) is 0 Å². The molecule has 0 fully saturated rings. The van der Waals surface area contributed by atoms with Crippen LogP contribution in [0.1, 0.15) is 19.4 Å². The Morgan fingerprint density at radius 1 is 1.50 bits per heavy atom. The lowest BCUT2D eigenvalue weighted by Crippen LogP contribution is -2.36. The van der Waals surface area contributed by atoms with E-state index in [1.807, 2.05) is 11.9 Å². The van der Waals surface area contributed by atoms with E-state index < -0.39 is 5.60 Å². The van der Waals surface area contributed by atoms with E-state index in [0.717, 1.165) is 5.69 Å². The summed E-state index contributed by atoms with van der Waals surface area (Å²) in [6.07, 6.45) is 0. The molecule has 4 nitrogen and oxygen atoms in total. The van der Waals surface area contributed by atoms with Gasteiger partial charge in [-0.1, -0.05) is 0 Å². The maximum atomic E-state index is 9.72.